The Labute approximate surface area is 141 Å². The average molecular weight is 341 g/mol. The third-order valence-corrected chi connectivity index (χ3v) is 5.92. The highest BCUT2D eigenvalue weighted by molar-refractivity contribution is 7.16. The lowest BCUT2D eigenvalue weighted by Gasteiger charge is -2.24. The Balaban J connectivity index is 1.44. The molecule has 0 spiro atoms. The SMILES string of the molecule is CN=C(NCc1ccc(Cl)s1)NC1CCN(C2CCCC2)C1. The molecule has 0 radical (unpaired) electrons. The molecule has 122 valence electrons. The minimum Gasteiger partial charge on any atom is -0.352 e. The van der Waals surface area contributed by atoms with Crippen LogP contribution in [0.15, 0.2) is 17.1 Å². The molecule has 0 aromatic carbocycles. The topological polar surface area (TPSA) is 39.7 Å². The number of thiophene rings is 1. The Morgan fingerprint density at radius 2 is 2.18 bits per heavy atom. The summed E-state index contributed by atoms with van der Waals surface area (Å²) in [5.41, 5.74) is 0. The quantitative estimate of drug-likeness (QED) is 0.653. The van der Waals surface area contributed by atoms with Gasteiger partial charge in [-0.05, 0) is 31.4 Å². The number of guanidine groups is 1. The fourth-order valence-electron chi connectivity index (χ4n) is 3.51. The van der Waals surface area contributed by atoms with Gasteiger partial charge >= 0.3 is 0 Å². The zero-order valence-electron chi connectivity index (χ0n) is 13.1. The highest BCUT2D eigenvalue weighted by Gasteiger charge is 2.30. The lowest BCUT2D eigenvalue weighted by molar-refractivity contribution is 0.242. The maximum Gasteiger partial charge on any atom is 0.191 e. The first-order valence-electron chi connectivity index (χ1n) is 8.20. The molecule has 4 nitrogen and oxygen atoms in total. The molecule has 3 rings (SSSR count). The molecule has 1 aliphatic carbocycles. The third-order valence-electron chi connectivity index (χ3n) is 4.68. The van der Waals surface area contributed by atoms with Gasteiger partial charge in [0.05, 0.1) is 10.9 Å². The molecule has 2 N–H and O–H groups in total. The van der Waals surface area contributed by atoms with Gasteiger partial charge in [-0.15, -0.1) is 11.3 Å². The van der Waals surface area contributed by atoms with Crippen molar-refractivity contribution in [2.24, 2.45) is 4.99 Å². The van der Waals surface area contributed by atoms with E-state index < -0.39 is 0 Å². The maximum absolute atomic E-state index is 5.96. The summed E-state index contributed by atoms with van der Waals surface area (Å²) in [6, 6.07) is 5.34. The van der Waals surface area contributed by atoms with Crippen LogP contribution in [0.5, 0.6) is 0 Å². The van der Waals surface area contributed by atoms with Gasteiger partial charge in [-0.3, -0.25) is 9.89 Å². The van der Waals surface area contributed by atoms with Gasteiger partial charge in [0, 0.05) is 37.1 Å². The van der Waals surface area contributed by atoms with Crippen LogP contribution in [0.1, 0.15) is 37.0 Å². The van der Waals surface area contributed by atoms with E-state index in [-0.39, 0.29) is 0 Å². The Bertz CT molecular complexity index is 510. The van der Waals surface area contributed by atoms with Crippen LogP contribution in [-0.4, -0.2) is 43.1 Å². The molecule has 6 heteroatoms. The van der Waals surface area contributed by atoms with Gasteiger partial charge in [0.15, 0.2) is 5.96 Å². The third kappa shape index (κ3) is 4.15. The summed E-state index contributed by atoms with van der Waals surface area (Å²) in [4.78, 5) is 8.24. The van der Waals surface area contributed by atoms with Gasteiger partial charge in [0.2, 0.25) is 0 Å². The molecule has 1 aromatic heterocycles. The van der Waals surface area contributed by atoms with E-state index in [1.54, 1.807) is 11.3 Å². The Kier molecular flexibility index (Phi) is 5.61. The predicted octanol–water partition coefficient (Wildman–Crippen LogP) is 3.08. The molecule has 0 amide bonds. The fourth-order valence-corrected chi connectivity index (χ4v) is 4.54. The zero-order valence-corrected chi connectivity index (χ0v) is 14.7. The van der Waals surface area contributed by atoms with Crippen LogP contribution < -0.4 is 10.6 Å². The Morgan fingerprint density at radius 1 is 1.36 bits per heavy atom. The molecule has 1 saturated carbocycles. The standard InChI is InChI=1S/C16H25ClN4S/c1-18-16(19-10-14-6-7-15(17)22-14)20-12-8-9-21(11-12)13-4-2-3-5-13/h6-7,12-13H,2-5,8-11H2,1H3,(H2,18,19,20). The van der Waals surface area contributed by atoms with Crippen LogP contribution in [0.2, 0.25) is 4.34 Å². The number of nitrogens with one attached hydrogen (secondary N) is 2. The van der Waals surface area contributed by atoms with E-state index in [1.165, 1.54) is 43.5 Å². The summed E-state index contributed by atoms with van der Waals surface area (Å²) >= 11 is 7.58. The van der Waals surface area contributed by atoms with E-state index in [2.05, 4.69) is 26.6 Å². The minimum absolute atomic E-state index is 0.513. The van der Waals surface area contributed by atoms with Crippen molar-refractivity contribution in [3.63, 3.8) is 0 Å². The van der Waals surface area contributed by atoms with Crippen molar-refractivity contribution in [1.29, 1.82) is 0 Å². The number of likely N-dealkylation sites (tertiary alicyclic amines) is 1. The van der Waals surface area contributed by atoms with E-state index in [4.69, 9.17) is 11.6 Å². The van der Waals surface area contributed by atoms with E-state index in [9.17, 15) is 0 Å². The second-order valence-electron chi connectivity index (χ2n) is 6.19. The van der Waals surface area contributed by atoms with Crippen molar-refractivity contribution in [2.45, 2.75) is 50.7 Å². The molecular formula is C16H25ClN4S. The summed E-state index contributed by atoms with van der Waals surface area (Å²) in [5, 5.41) is 6.95. The van der Waals surface area contributed by atoms with Crippen molar-refractivity contribution in [1.82, 2.24) is 15.5 Å². The Morgan fingerprint density at radius 3 is 2.86 bits per heavy atom. The number of aliphatic imine (C=N–C) groups is 1. The molecule has 1 aliphatic heterocycles. The van der Waals surface area contributed by atoms with E-state index in [0.717, 1.165) is 29.4 Å². The van der Waals surface area contributed by atoms with Crippen LogP contribution in [0.25, 0.3) is 0 Å². The van der Waals surface area contributed by atoms with Gasteiger partial charge in [-0.2, -0.15) is 0 Å². The molecule has 1 atom stereocenters. The van der Waals surface area contributed by atoms with Crippen molar-refractivity contribution < 1.29 is 0 Å². The van der Waals surface area contributed by atoms with E-state index >= 15 is 0 Å². The molecule has 1 saturated heterocycles. The maximum atomic E-state index is 5.96. The zero-order chi connectivity index (χ0) is 15.4. The minimum atomic E-state index is 0.513. The number of hydrogen-bond acceptors (Lipinski definition) is 3. The van der Waals surface area contributed by atoms with Crippen LogP contribution in [0.4, 0.5) is 0 Å². The number of rotatable bonds is 4. The second-order valence-corrected chi connectivity index (χ2v) is 7.99. The highest BCUT2D eigenvalue weighted by Crippen LogP contribution is 2.26. The number of hydrogen-bond donors (Lipinski definition) is 2. The first-order chi connectivity index (χ1) is 10.7. The molecule has 2 fully saturated rings. The first kappa shape index (κ1) is 16.1. The smallest absolute Gasteiger partial charge is 0.191 e. The van der Waals surface area contributed by atoms with Gasteiger partial charge in [0.25, 0.3) is 0 Å². The highest BCUT2D eigenvalue weighted by atomic mass is 35.5. The summed E-state index contributed by atoms with van der Waals surface area (Å²) in [7, 11) is 1.83. The molecule has 2 aliphatic rings. The van der Waals surface area contributed by atoms with Gasteiger partial charge in [-0.1, -0.05) is 24.4 Å². The average Bonchev–Trinajstić information content (AvgIpc) is 3.24. The van der Waals surface area contributed by atoms with Crippen molar-refractivity contribution in [3.8, 4) is 0 Å². The van der Waals surface area contributed by atoms with Crippen LogP contribution >= 0.6 is 22.9 Å². The fraction of sp³-hybridized carbons (Fsp3) is 0.688. The van der Waals surface area contributed by atoms with Gasteiger partial charge in [-0.25, -0.2) is 0 Å². The van der Waals surface area contributed by atoms with E-state index in [1.807, 2.05) is 13.1 Å². The van der Waals surface area contributed by atoms with Crippen molar-refractivity contribution in [3.05, 3.63) is 21.3 Å². The second kappa shape index (κ2) is 7.66. The number of halogens is 1. The predicted molar refractivity (Wildman–Crippen MR) is 94.9 cm³/mol. The Hall–Kier alpha value is -0.780. The largest absolute Gasteiger partial charge is 0.352 e. The van der Waals surface area contributed by atoms with Crippen molar-refractivity contribution >= 4 is 28.9 Å². The number of nitrogens with zero attached hydrogens (tertiary/aromatic N) is 2. The molecule has 1 unspecified atom stereocenters. The van der Waals surface area contributed by atoms with Gasteiger partial charge < -0.3 is 10.6 Å². The monoisotopic (exact) mass is 340 g/mol. The molecule has 22 heavy (non-hydrogen) atoms. The van der Waals surface area contributed by atoms with Crippen LogP contribution in [-0.2, 0) is 6.54 Å². The summed E-state index contributed by atoms with van der Waals surface area (Å²) in [6.45, 7) is 3.15. The summed E-state index contributed by atoms with van der Waals surface area (Å²) < 4.78 is 0.836. The molecular weight excluding hydrogens is 316 g/mol. The normalized spacial score (nSPS) is 24.1. The molecule has 2 heterocycles. The summed E-state index contributed by atoms with van der Waals surface area (Å²) in [6.07, 6.45) is 6.80. The lowest BCUT2D eigenvalue weighted by Crippen LogP contribution is -2.44. The van der Waals surface area contributed by atoms with E-state index in [0.29, 0.717) is 6.04 Å². The van der Waals surface area contributed by atoms with Crippen LogP contribution in [0, 0.1) is 0 Å². The van der Waals surface area contributed by atoms with Crippen LogP contribution in [0.3, 0.4) is 0 Å². The lowest BCUT2D eigenvalue weighted by atomic mass is 10.2. The van der Waals surface area contributed by atoms with Crippen molar-refractivity contribution in [2.75, 3.05) is 20.1 Å². The van der Waals surface area contributed by atoms with Gasteiger partial charge in [0.1, 0.15) is 0 Å². The molecule has 1 aromatic rings. The summed E-state index contributed by atoms with van der Waals surface area (Å²) in [5.74, 6) is 0.891. The molecule has 0 bridgehead atoms. The first-order valence-corrected chi connectivity index (χ1v) is 9.39.